The molecule has 0 saturated carbocycles. The average molecular weight is 278 g/mol. The first kappa shape index (κ1) is 13.4. The quantitative estimate of drug-likeness (QED) is 0.822. The summed E-state index contributed by atoms with van der Waals surface area (Å²) in [5.74, 6) is -0.0384. The van der Waals surface area contributed by atoms with Crippen molar-refractivity contribution in [2.45, 2.75) is 6.92 Å². The van der Waals surface area contributed by atoms with Gasteiger partial charge in [-0.15, -0.1) is 0 Å². The highest BCUT2D eigenvalue weighted by Crippen LogP contribution is 2.30. The molecule has 108 valence electrons. The minimum Gasteiger partial charge on any atom is -0.379 e. The number of amides is 1. The van der Waals surface area contributed by atoms with E-state index in [0.717, 1.165) is 0 Å². The molecule has 0 aromatic heterocycles. The maximum Gasteiger partial charge on any atom is 0.233 e. The molecule has 0 unspecified atom stereocenters. The predicted molar refractivity (Wildman–Crippen MR) is 74.1 cm³/mol. The minimum absolute atomic E-state index is 0.164. The molecule has 0 atom stereocenters. The number of rotatable bonds is 2. The number of nitrogens with zero attached hydrogens (tertiary/aromatic N) is 2. The van der Waals surface area contributed by atoms with Gasteiger partial charge in [0.05, 0.1) is 24.3 Å². The fourth-order valence-electron chi connectivity index (χ4n) is 2.77. The standard InChI is InChI=1S/C15H19FN2O2/c1-15(10-20-11-15)14(19)18-8-6-17(7-9-18)13-5-3-2-4-12(13)16/h2-5H,6-11H2,1H3. The lowest BCUT2D eigenvalue weighted by molar-refractivity contribution is -0.169. The fraction of sp³-hybridized carbons (Fsp3) is 0.533. The van der Waals surface area contributed by atoms with Crippen LogP contribution in [-0.4, -0.2) is 50.2 Å². The number of hydrogen-bond acceptors (Lipinski definition) is 3. The molecule has 1 aromatic rings. The zero-order valence-electron chi connectivity index (χ0n) is 11.6. The molecule has 1 aromatic carbocycles. The van der Waals surface area contributed by atoms with Crippen LogP contribution in [0.5, 0.6) is 0 Å². The Bertz CT molecular complexity index is 508. The van der Waals surface area contributed by atoms with Gasteiger partial charge in [0.15, 0.2) is 0 Å². The maximum atomic E-state index is 13.7. The molecular formula is C15H19FN2O2. The summed E-state index contributed by atoms with van der Waals surface area (Å²) in [6.07, 6.45) is 0. The van der Waals surface area contributed by atoms with Crippen molar-refractivity contribution in [2.75, 3.05) is 44.3 Å². The molecule has 5 heteroatoms. The van der Waals surface area contributed by atoms with Crippen molar-refractivity contribution < 1.29 is 13.9 Å². The topological polar surface area (TPSA) is 32.8 Å². The van der Waals surface area contributed by atoms with E-state index in [1.807, 2.05) is 22.8 Å². The Labute approximate surface area is 118 Å². The molecule has 0 spiro atoms. The Balaban J connectivity index is 1.62. The number of para-hydroxylation sites is 1. The van der Waals surface area contributed by atoms with Crippen LogP contribution in [-0.2, 0) is 9.53 Å². The number of carbonyl (C=O) groups is 1. The molecule has 0 N–H and O–H groups in total. The van der Waals surface area contributed by atoms with Gasteiger partial charge < -0.3 is 14.5 Å². The Morgan fingerprint density at radius 2 is 1.85 bits per heavy atom. The van der Waals surface area contributed by atoms with E-state index in [2.05, 4.69) is 0 Å². The van der Waals surface area contributed by atoms with Crippen LogP contribution in [0.2, 0.25) is 0 Å². The van der Waals surface area contributed by atoms with E-state index in [9.17, 15) is 9.18 Å². The lowest BCUT2D eigenvalue weighted by Gasteiger charge is -2.43. The minimum atomic E-state index is -0.347. The van der Waals surface area contributed by atoms with Crippen molar-refractivity contribution >= 4 is 11.6 Å². The first-order chi connectivity index (χ1) is 9.60. The largest absolute Gasteiger partial charge is 0.379 e. The Morgan fingerprint density at radius 1 is 1.20 bits per heavy atom. The Morgan fingerprint density at radius 3 is 2.40 bits per heavy atom. The third-order valence-corrected chi connectivity index (χ3v) is 4.12. The highest BCUT2D eigenvalue weighted by atomic mass is 19.1. The van der Waals surface area contributed by atoms with Crippen LogP contribution in [0.15, 0.2) is 24.3 Å². The van der Waals surface area contributed by atoms with E-state index in [0.29, 0.717) is 45.1 Å². The summed E-state index contributed by atoms with van der Waals surface area (Å²) in [4.78, 5) is 16.2. The van der Waals surface area contributed by atoms with E-state index < -0.39 is 0 Å². The summed E-state index contributed by atoms with van der Waals surface area (Å²) in [5, 5.41) is 0. The predicted octanol–water partition coefficient (Wildman–Crippen LogP) is 1.51. The summed E-state index contributed by atoms with van der Waals surface area (Å²) in [5.41, 5.74) is 0.276. The highest BCUT2D eigenvalue weighted by Gasteiger charge is 2.44. The third-order valence-electron chi connectivity index (χ3n) is 4.12. The van der Waals surface area contributed by atoms with Gasteiger partial charge in [0.25, 0.3) is 0 Å². The smallest absolute Gasteiger partial charge is 0.233 e. The second-order valence-electron chi connectivity index (χ2n) is 5.78. The second kappa shape index (κ2) is 5.05. The molecule has 2 heterocycles. The van der Waals surface area contributed by atoms with Crippen LogP contribution in [0, 0.1) is 11.2 Å². The van der Waals surface area contributed by atoms with E-state index >= 15 is 0 Å². The molecule has 20 heavy (non-hydrogen) atoms. The molecule has 4 nitrogen and oxygen atoms in total. The van der Waals surface area contributed by atoms with Crippen molar-refractivity contribution in [1.29, 1.82) is 0 Å². The molecule has 0 radical (unpaired) electrons. The number of ether oxygens (including phenoxy) is 1. The molecule has 2 saturated heterocycles. The number of anilines is 1. The number of hydrogen-bond donors (Lipinski definition) is 0. The van der Waals surface area contributed by atoms with Crippen molar-refractivity contribution in [3.8, 4) is 0 Å². The monoisotopic (exact) mass is 278 g/mol. The number of benzene rings is 1. The van der Waals surface area contributed by atoms with Crippen LogP contribution in [0.25, 0.3) is 0 Å². The Hall–Kier alpha value is -1.62. The number of halogens is 1. The van der Waals surface area contributed by atoms with Crippen LogP contribution < -0.4 is 4.90 Å². The van der Waals surface area contributed by atoms with Crippen molar-refractivity contribution in [2.24, 2.45) is 5.41 Å². The molecule has 2 aliphatic heterocycles. The van der Waals surface area contributed by atoms with Gasteiger partial charge in [-0.2, -0.15) is 0 Å². The third kappa shape index (κ3) is 2.26. The Kier molecular flexibility index (Phi) is 3.38. The van der Waals surface area contributed by atoms with Crippen LogP contribution >= 0.6 is 0 Å². The number of carbonyl (C=O) groups excluding carboxylic acids is 1. The fourth-order valence-corrected chi connectivity index (χ4v) is 2.77. The number of piperazine rings is 1. The molecule has 3 rings (SSSR count). The van der Waals surface area contributed by atoms with E-state index in [4.69, 9.17) is 4.74 Å². The average Bonchev–Trinajstić information content (AvgIpc) is 2.45. The normalized spacial score (nSPS) is 21.5. The molecule has 0 bridgehead atoms. The van der Waals surface area contributed by atoms with Crippen LogP contribution in [0.3, 0.4) is 0 Å². The van der Waals surface area contributed by atoms with E-state index in [1.165, 1.54) is 6.07 Å². The van der Waals surface area contributed by atoms with E-state index in [1.54, 1.807) is 12.1 Å². The van der Waals surface area contributed by atoms with Gasteiger partial charge in [-0.25, -0.2) is 4.39 Å². The summed E-state index contributed by atoms with van der Waals surface area (Å²) in [6, 6.07) is 6.78. The van der Waals surface area contributed by atoms with Crippen molar-refractivity contribution in [1.82, 2.24) is 4.90 Å². The van der Waals surface area contributed by atoms with Gasteiger partial charge in [0, 0.05) is 26.2 Å². The summed E-state index contributed by atoms with van der Waals surface area (Å²) in [6.45, 7) is 5.60. The van der Waals surface area contributed by atoms with Gasteiger partial charge >= 0.3 is 0 Å². The molecule has 0 aliphatic carbocycles. The maximum absolute atomic E-state index is 13.7. The first-order valence-electron chi connectivity index (χ1n) is 6.97. The second-order valence-corrected chi connectivity index (χ2v) is 5.78. The van der Waals surface area contributed by atoms with Gasteiger partial charge in [0.1, 0.15) is 5.82 Å². The summed E-state index contributed by atoms with van der Waals surface area (Å²) in [7, 11) is 0. The highest BCUT2D eigenvalue weighted by molar-refractivity contribution is 5.83. The van der Waals surface area contributed by atoms with E-state index in [-0.39, 0.29) is 17.1 Å². The molecule has 1 amide bonds. The molecule has 2 aliphatic rings. The lowest BCUT2D eigenvalue weighted by Crippen LogP contribution is -2.58. The summed E-state index contributed by atoms with van der Waals surface area (Å²) >= 11 is 0. The van der Waals surface area contributed by atoms with Gasteiger partial charge in [-0.1, -0.05) is 12.1 Å². The molecule has 2 fully saturated rings. The van der Waals surface area contributed by atoms with Gasteiger partial charge in [-0.3, -0.25) is 4.79 Å². The van der Waals surface area contributed by atoms with Crippen molar-refractivity contribution in [3.05, 3.63) is 30.1 Å². The van der Waals surface area contributed by atoms with Crippen LogP contribution in [0.4, 0.5) is 10.1 Å². The lowest BCUT2D eigenvalue weighted by atomic mass is 9.86. The summed E-state index contributed by atoms with van der Waals surface area (Å²) < 4.78 is 18.9. The SMILES string of the molecule is CC1(C(=O)N2CCN(c3ccccc3F)CC2)COC1. The van der Waals surface area contributed by atoms with Gasteiger partial charge in [0.2, 0.25) is 5.91 Å². The first-order valence-corrected chi connectivity index (χ1v) is 6.97. The zero-order chi connectivity index (χ0) is 14.2. The molecular weight excluding hydrogens is 259 g/mol. The van der Waals surface area contributed by atoms with Gasteiger partial charge in [-0.05, 0) is 19.1 Å². The van der Waals surface area contributed by atoms with Crippen molar-refractivity contribution in [3.63, 3.8) is 0 Å². The van der Waals surface area contributed by atoms with Crippen LogP contribution in [0.1, 0.15) is 6.92 Å². The zero-order valence-corrected chi connectivity index (χ0v) is 11.6.